The van der Waals surface area contributed by atoms with E-state index < -0.39 is 6.10 Å². The molecule has 2 N–H and O–H groups in total. The summed E-state index contributed by atoms with van der Waals surface area (Å²) < 4.78 is 15.5. The Morgan fingerprint density at radius 3 is 2.63 bits per heavy atom. The molecule has 0 spiro atoms. The number of fused-ring (bicyclic) bond motifs is 1. The van der Waals surface area contributed by atoms with Gasteiger partial charge in [-0.15, -0.1) is 0 Å². The minimum atomic E-state index is -0.575. The Labute approximate surface area is 157 Å². The van der Waals surface area contributed by atoms with Crippen LogP contribution in [0.2, 0.25) is 0 Å². The highest BCUT2D eigenvalue weighted by molar-refractivity contribution is 5.89. The van der Waals surface area contributed by atoms with Crippen LogP contribution in [0.4, 0.5) is 10.5 Å². The molecule has 0 radical (unpaired) electrons. The first-order chi connectivity index (χ1) is 13.1. The summed E-state index contributed by atoms with van der Waals surface area (Å²) in [5, 5.41) is 5.62. The highest BCUT2D eigenvalue weighted by atomic mass is 16.6. The second kappa shape index (κ2) is 8.44. The van der Waals surface area contributed by atoms with Crippen LogP contribution in [-0.4, -0.2) is 32.3 Å². The van der Waals surface area contributed by atoms with E-state index in [4.69, 9.17) is 14.2 Å². The number of aryl methyl sites for hydroxylation is 1. The van der Waals surface area contributed by atoms with Gasteiger partial charge >= 0.3 is 12.0 Å². The average molecular weight is 370 g/mol. The molecule has 27 heavy (non-hydrogen) atoms. The van der Waals surface area contributed by atoms with Crippen molar-refractivity contribution in [1.29, 1.82) is 0 Å². The van der Waals surface area contributed by atoms with Crippen LogP contribution in [-0.2, 0) is 22.5 Å². The molecule has 2 amide bonds. The zero-order valence-corrected chi connectivity index (χ0v) is 15.3. The molecule has 0 aliphatic carbocycles. The summed E-state index contributed by atoms with van der Waals surface area (Å²) in [4.78, 5) is 23.7. The molecule has 1 aliphatic heterocycles. The third-order valence-corrected chi connectivity index (χ3v) is 4.34. The topological polar surface area (TPSA) is 85.9 Å². The molecule has 0 bridgehead atoms. The second-order valence-corrected chi connectivity index (χ2v) is 6.15. The lowest BCUT2D eigenvalue weighted by molar-refractivity contribution is -0.149. The number of amides is 2. The van der Waals surface area contributed by atoms with E-state index in [0.29, 0.717) is 30.8 Å². The maximum Gasteiger partial charge on any atom is 0.347 e. The van der Waals surface area contributed by atoms with Gasteiger partial charge in [0.25, 0.3) is 0 Å². The van der Waals surface area contributed by atoms with Crippen LogP contribution < -0.4 is 20.1 Å². The molecule has 1 atom stereocenters. The van der Waals surface area contributed by atoms with Crippen molar-refractivity contribution < 1.29 is 23.8 Å². The SMILES string of the molecule is COC(=O)C1CCc2cc(NC(=O)NCc3ccc(OC)cc3)ccc2O1. The molecular weight excluding hydrogens is 348 g/mol. The van der Waals surface area contributed by atoms with Crippen molar-refractivity contribution in [1.82, 2.24) is 5.32 Å². The van der Waals surface area contributed by atoms with Crippen molar-refractivity contribution in [3.05, 3.63) is 53.6 Å². The van der Waals surface area contributed by atoms with Gasteiger partial charge in [-0.2, -0.15) is 0 Å². The van der Waals surface area contributed by atoms with Crippen molar-refractivity contribution in [3.8, 4) is 11.5 Å². The molecule has 1 aliphatic rings. The zero-order valence-electron chi connectivity index (χ0n) is 15.3. The molecule has 142 valence electrons. The summed E-state index contributed by atoms with van der Waals surface area (Å²) in [5.74, 6) is 1.04. The fourth-order valence-electron chi connectivity index (χ4n) is 2.86. The summed E-state index contributed by atoms with van der Waals surface area (Å²) in [6, 6.07) is 12.5. The Bertz CT molecular complexity index is 820. The number of anilines is 1. The molecule has 1 unspecified atom stereocenters. The number of rotatable bonds is 5. The summed E-state index contributed by atoms with van der Waals surface area (Å²) >= 11 is 0. The quantitative estimate of drug-likeness (QED) is 0.791. The molecule has 0 saturated carbocycles. The standard InChI is InChI=1S/C20H22N2O5/c1-25-16-7-3-13(4-8-16)12-21-20(24)22-15-6-10-17-14(11-15)5-9-18(27-17)19(23)26-2/h3-4,6-8,10-11,18H,5,9,12H2,1-2H3,(H2,21,22,24). The average Bonchev–Trinajstić information content (AvgIpc) is 2.71. The first kappa shape index (κ1) is 18.6. The number of nitrogens with one attached hydrogen (secondary N) is 2. The number of carbonyl (C=O) groups is 2. The van der Waals surface area contributed by atoms with Gasteiger partial charge in [0.15, 0.2) is 6.10 Å². The zero-order chi connectivity index (χ0) is 19.2. The Kier molecular flexibility index (Phi) is 5.80. The molecule has 2 aromatic rings. The molecule has 3 rings (SSSR count). The van der Waals surface area contributed by atoms with Gasteiger partial charge in [-0.05, 0) is 54.3 Å². The largest absolute Gasteiger partial charge is 0.497 e. The smallest absolute Gasteiger partial charge is 0.347 e. The number of esters is 1. The predicted molar refractivity (Wildman–Crippen MR) is 100 cm³/mol. The molecule has 1 heterocycles. The number of benzene rings is 2. The summed E-state index contributed by atoms with van der Waals surface area (Å²) in [5.41, 5.74) is 2.59. The van der Waals surface area contributed by atoms with Crippen LogP contribution >= 0.6 is 0 Å². The Morgan fingerprint density at radius 1 is 1.15 bits per heavy atom. The van der Waals surface area contributed by atoms with Gasteiger partial charge in [-0.1, -0.05) is 12.1 Å². The number of hydrogen-bond donors (Lipinski definition) is 2. The van der Waals surface area contributed by atoms with Crippen LogP contribution in [0.5, 0.6) is 11.5 Å². The van der Waals surface area contributed by atoms with Crippen molar-refractivity contribution in [2.24, 2.45) is 0 Å². The molecule has 7 nitrogen and oxygen atoms in total. The van der Waals surface area contributed by atoms with Gasteiger partial charge in [0.2, 0.25) is 0 Å². The van der Waals surface area contributed by atoms with Crippen LogP contribution in [0.3, 0.4) is 0 Å². The van der Waals surface area contributed by atoms with E-state index >= 15 is 0 Å². The molecule has 0 saturated heterocycles. The third kappa shape index (κ3) is 4.69. The van der Waals surface area contributed by atoms with Crippen molar-refractivity contribution in [2.75, 3.05) is 19.5 Å². The minimum Gasteiger partial charge on any atom is -0.497 e. The molecule has 7 heteroatoms. The first-order valence-electron chi connectivity index (χ1n) is 8.64. The van der Waals surface area contributed by atoms with E-state index in [-0.39, 0.29) is 12.0 Å². The predicted octanol–water partition coefficient (Wildman–Crippen LogP) is 2.88. The van der Waals surface area contributed by atoms with Gasteiger partial charge in [0.1, 0.15) is 11.5 Å². The van der Waals surface area contributed by atoms with E-state index in [2.05, 4.69) is 10.6 Å². The van der Waals surface area contributed by atoms with Crippen LogP contribution in [0.25, 0.3) is 0 Å². The number of ether oxygens (including phenoxy) is 3. The van der Waals surface area contributed by atoms with Gasteiger partial charge < -0.3 is 24.8 Å². The van der Waals surface area contributed by atoms with Gasteiger partial charge in [0, 0.05) is 12.2 Å². The van der Waals surface area contributed by atoms with E-state index in [1.807, 2.05) is 30.3 Å². The second-order valence-electron chi connectivity index (χ2n) is 6.15. The molecule has 0 aromatic heterocycles. The molecule has 0 fully saturated rings. The van der Waals surface area contributed by atoms with E-state index in [0.717, 1.165) is 16.9 Å². The molecular formula is C20H22N2O5. The van der Waals surface area contributed by atoms with Crippen LogP contribution in [0.15, 0.2) is 42.5 Å². The minimum absolute atomic E-state index is 0.296. The van der Waals surface area contributed by atoms with Gasteiger partial charge in [-0.3, -0.25) is 0 Å². The van der Waals surface area contributed by atoms with Crippen molar-refractivity contribution in [2.45, 2.75) is 25.5 Å². The van der Waals surface area contributed by atoms with Crippen molar-refractivity contribution in [3.63, 3.8) is 0 Å². The Balaban J connectivity index is 1.55. The maximum atomic E-state index is 12.1. The Hall–Kier alpha value is -3.22. The van der Waals surface area contributed by atoms with E-state index in [9.17, 15) is 9.59 Å². The highest BCUT2D eigenvalue weighted by Crippen LogP contribution is 2.30. The molecule has 2 aromatic carbocycles. The first-order valence-corrected chi connectivity index (χ1v) is 8.64. The number of methoxy groups -OCH3 is 2. The lowest BCUT2D eigenvalue weighted by Gasteiger charge is -2.24. The fourth-order valence-corrected chi connectivity index (χ4v) is 2.86. The van der Waals surface area contributed by atoms with Crippen LogP contribution in [0.1, 0.15) is 17.5 Å². The van der Waals surface area contributed by atoms with Crippen molar-refractivity contribution >= 4 is 17.7 Å². The van der Waals surface area contributed by atoms with E-state index in [1.54, 1.807) is 19.2 Å². The number of carbonyl (C=O) groups excluding carboxylic acids is 2. The monoisotopic (exact) mass is 370 g/mol. The Morgan fingerprint density at radius 2 is 1.93 bits per heavy atom. The van der Waals surface area contributed by atoms with Gasteiger partial charge in [-0.25, -0.2) is 9.59 Å². The lowest BCUT2D eigenvalue weighted by atomic mass is 10.0. The number of hydrogen-bond acceptors (Lipinski definition) is 5. The third-order valence-electron chi connectivity index (χ3n) is 4.34. The number of urea groups is 1. The summed E-state index contributed by atoms with van der Waals surface area (Å²) in [6.45, 7) is 0.407. The normalized spacial score (nSPS) is 15.1. The highest BCUT2D eigenvalue weighted by Gasteiger charge is 2.26. The van der Waals surface area contributed by atoms with Gasteiger partial charge in [0.05, 0.1) is 14.2 Å². The summed E-state index contributed by atoms with van der Waals surface area (Å²) in [7, 11) is 2.96. The maximum absolute atomic E-state index is 12.1. The fraction of sp³-hybridized carbons (Fsp3) is 0.300. The lowest BCUT2D eigenvalue weighted by Crippen LogP contribution is -2.32. The van der Waals surface area contributed by atoms with E-state index in [1.165, 1.54) is 7.11 Å². The van der Waals surface area contributed by atoms with Crippen LogP contribution in [0, 0.1) is 0 Å². The summed E-state index contributed by atoms with van der Waals surface area (Å²) in [6.07, 6.45) is 0.652.